The molecular weight excluding hydrogens is 160 g/mol. The summed E-state index contributed by atoms with van der Waals surface area (Å²) >= 11 is 0. The van der Waals surface area contributed by atoms with Crippen molar-refractivity contribution in [1.82, 2.24) is 0 Å². The van der Waals surface area contributed by atoms with Gasteiger partial charge in [-0.2, -0.15) is 0 Å². The van der Waals surface area contributed by atoms with Gasteiger partial charge in [0, 0.05) is 0 Å². The lowest BCUT2D eigenvalue weighted by atomic mass is 10.0. The lowest BCUT2D eigenvalue weighted by Gasteiger charge is -2.23. The van der Waals surface area contributed by atoms with Gasteiger partial charge in [0.15, 0.2) is 5.60 Å². The van der Waals surface area contributed by atoms with Gasteiger partial charge in [-0.1, -0.05) is 0 Å². The number of aliphatic hydroxyl groups is 2. The van der Waals surface area contributed by atoms with Crippen molar-refractivity contribution >= 4 is 5.97 Å². The van der Waals surface area contributed by atoms with Crippen molar-refractivity contribution in [3.8, 4) is 0 Å². The Morgan fingerprint density at radius 2 is 2.42 bits per heavy atom. The average Bonchev–Trinajstić information content (AvgIpc) is 2.34. The first kappa shape index (κ1) is 9.48. The molecule has 0 radical (unpaired) electrons. The number of carbonyl (C=O) groups excluding carboxylic acids is 1. The number of esters is 1. The zero-order valence-electron chi connectivity index (χ0n) is 7.12. The molecule has 1 aliphatic carbocycles. The zero-order chi connectivity index (χ0) is 9.19. The highest BCUT2D eigenvalue weighted by atomic mass is 16.6. The molecule has 0 aromatic rings. The van der Waals surface area contributed by atoms with E-state index in [-0.39, 0.29) is 6.61 Å². The van der Waals surface area contributed by atoms with E-state index < -0.39 is 17.7 Å². The fraction of sp³-hybridized carbons (Fsp3) is 0.875. The van der Waals surface area contributed by atoms with E-state index in [4.69, 9.17) is 0 Å². The van der Waals surface area contributed by atoms with Crippen molar-refractivity contribution in [2.45, 2.75) is 37.9 Å². The second kappa shape index (κ2) is 3.41. The summed E-state index contributed by atoms with van der Waals surface area (Å²) in [6.07, 6.45) is 0.468. The molecular formula is C8H14O4. The maximum atomic E-state index is 11.1. The van der Waals surface area contributed by atoms with E-state index in [1.54, 1.807) is 6.92 Å². The minimum atomic E-state index is -1.64. The summed E-state index contributed by atoms with van der Waals surface area (Å²) < 4.78 is 4.65. The molecule has 0 unspecified atom stereocenters. The highest BCUT2D eigenvalue weighted by molar-refractivity contribution is 5.80. The Morgan fingerprint density at radius 3 is 2.83 bits per heavy atom. The van der Waals surface area contributed by atoms with E-state index in [1.165, 1.54) is 0 Å². The summed E-state index contributed by atoms with van der Waals surface area (Å²) in [5.41, 5.74) is -1.64. The molecule has 1 fully saturated rings. The third kappa shape index (κ3) is 1.44. The van der Waals surface area contributed by atoms with E-state index in [2.05, 4.69) is 4.74 Å². The molecule has 70 valence electrons. The summed E-state index contributed by atoms with van der Waals surface area (Å²) in [4.78, 5) is 11.1. The summed E-state index contributed by atoms with van der Waals surface area (Å²) in [6.45, 7) is 1.90. The minimum absolute atomic E-state index is 0.230. The minimum Gasteiger partial charge on any atom is -0.464 e. The normalized spacial score (nSPS) is 35.1. The van der Waals surface area contributed by atoms with E-state index in [0.717, 1.165) is 0 Å². The molecule has 0 amide bonds. The quantitative estimate of drug-likeness (QED) is 0.570. The topological polar surface area (TPSA) is 66.8 Å². The van der Waals surface area contributed by atoms with Gasteiger partial charge < -0.3 is 14.9 Å². The van der Waals surface area contributed by atoms with Crippen molar-refractivity contribution in [3.05, 3.63) is 0 Å². The summed E-state index contributed by atoms with van der Waals surface area (Å²) in [5, 5.41) is 18.9. The molecule has 0 bridgehead atoms. The number of hydrogen-bond acceptors (Lipinski definition) is 4. The SMILES string of the molecule is CCOC(=O)[C@]1(O)CCC[C@@H]1O. The van der Waals surface area contributed by atoms with Crippen molar-refractivity contribution in [1.29, 1.82) is 0 Å². The van der Waals surface area contributed by atoms with E-state index >= 15 is 0 Å². The molecule has 4 nitrogen and oxygen atoms in total. The molecule has 2 N–H and O–H groups in total. The predicted octanol–water partition coefficient (Wildman–Crippen LogP) is -0.175. The van der Waals surface area contributed by atoms with Crippen LogP contribution in [-0.2, 0) is 9.53 Å². The maximum Gasteiger partial charge on any atom is 0.340 e. The molecule has 0 spiro atoms. The lowest BCUT2D eigenvalue weighted by Crippen LogP contribution is -2.46. The Hall–Kier alpha value is -0.610. The fourth-order valence-electron chi connectivity index (χ4n) is 1.46. The maximum absolute atomic E-state index is 11.1. The van der Waals surface area contributed by atoms with Crippen molar-refractivity contribution in [3.63, 3.8) is 0 Å². The smallest absolute Gasteiger partial charge is 0.340 e. The Balaban J connectivity index is 2.63. The van der Waals surface area contributed by atoms with Gasteiger partial charge in [0.25, 0.3) is 0 Å². The zero-order valence-corrected chi connectivity index (χ0v) is 7.12. The standard InChI is InChI=1S/C8H14O4/c1-2-12-7(10)8(11)5-3-4-6(8)9/h6,9,11H,2-5H2,1H3/t6-,8-/m0/s1. The number of carbonyl (C=O) groups is 1. The van der Waals surface area contributed by atoms with Crippen molar-refractivity contribution in [2.24, 2.45) is 0 Å². The molecule has 1 aliphatic rings. The van der Waals surface area contributed by atoms with Gasteiger partial charge in [0.1, 0.15) is 0 Å². The summed E-state index contributed by atoms with van der Waals surface area (Å²) in [7, 11) is 0. The Labute approximate surface area is 71.2 Å². The van der Waals surface area contributed by atoms with Crippen LogP contribution in [0.5, 0.6) is 0 Å². The molecule has 12 heavy (non-hydrogen) atoms. The Morgan fingerprint density at radius 1 is 1.75 bits per heavy atom. The van der Waals surface area contributed by atoms with Gasteiger partial charge in [-0.3, -0.25) is 0 Å². The third-order valence-corrected chi connectivity index (χ3v) is 2.22. The van der Waals surface area contributed by atoms with E-state index in [9.17, 15) is 15.0 Å². The molecule has 1 saturated carbocycles. The van der Waals surface area contributed by atoms with Crippen LogP contribution in [0.25, 0.3) is 0 Å². The molecule has 0 aliphatic heterocycles. The summed E-state index contributed by atoms with van der Waals surface area (Å²) in [6, 6.07) is 0. The van der Waals surface area contributed by atoms with Gasteiger partial charge in [0.05, 0.1) is 12.7 Å². The van der Waals surface area contributed by atoms with Gasteiger partial charge in [-0.05, 0) is 26.2 Å². The highest BCUT2D eigenvalue weighted by Crippen LogP contribution is 2.30. The number of hydrogen-bond donors (Lipinski definition) is 2. The van der Waals surface area contributed by atoms with Crippen LogP contribution in [0, 0.1) is 0 Å². The molecule has 0 saturated heterocycles. The number of ether oxygens (including phenoxy) is 1. The molecule has 4 heteroatoms. The number of rotatable bonds is 2. The summed E-state index contributed by atoms with van der Waals surface area (Å²) in [5.74, 6) is -0.699. The van der Waals surface area contributed by atoms with Crippen molar-refractivity contribution < 1.29 is 19.7 Å². The highest BCUT2D eigenvalue weighted by Gasteiger charge is 2.48. The van der Waals surface area contributed by atoms with Crippen LogP contribution in [0.4, 0.5) is 0 Å². The molecule has 0 aromatic carbocycles. The predicted molar refractivity (Wildman–Crippen MR) is 41.4 cm³/mol. The average molecular weight is 174 g/mol. The first-order valence-corrected chi connectivity index (χ1v) is 4.19. The Kier molecular flexibility index (Phi) is 2.69. The van der Waals surface area contributed by atoms with E-state index in [0.29, 0.717) is 19.3 Å². The number of aliphatic hydroxyl groups excluding tert-OH is 1. The van der Waals surface area contributed by atoms with Gasteiger partial charge >= 0.3 is 5.97 Å². The first-order valence-electron chi connectivity index (χ1n) is 4.19. The van der Waals surface area contributed by atoms with Crippen LogP contribution >= 0.6 is 0 Å². The lowest BCUT2D eigenvalue weighted by molar-refractivity contribution is -0.173. The first-order chi connectivity index (χ1) is 5.61. The molecule has 1 rings (SSSR count). The monoisotopic (exact) mass is 174 g/mol. The second-order valence-electron chi connectivity index (χ2n) is 3.05. The Bertz CT molecular complexity index is 180. The van der Waals surface area contributed by atoms with Gasteiger partial charge in [-0.25, -0.2) is 4.79 Å². The van der Waals surface area contributed by atoms with Crippen LogP contribution < -0.4 is 0 Å². The van der Waals surface area contributed by atoms with Crippen LogP contribution in [0.15, 0.2) is 0 Å². The van der Waals surface area contributed by atoms with Crippen LogP contribution in [0.1, 0.15) is 26.2 Å². The van der Waals surface area contributed by atoms with Crippen LogP contribution in [0.2, 0.25) is 0 Å². The second-order valence-corrected chi connectivity index (χ2v) is 3.05. The molecule has 2 atom stereocenters. The third-order valence-electron chi connectivity index (χ3n) is 2.22. The fourth-order valence-corrected chi connectivity index (χ4v) is 1.46. The van der Waals surface area contributed by atoms with Crippen molar-refractivity contribution in [2.75, 3.05) is 6.61 Å². The van der Waals surface area contributed by atoms with E-state index in [1.807, 2.05) is 0 Å². The van der Waals surface area contributed by atoms with Gasteiger partial charge in [-0.15, -0.1) is 0 Å². The molecule has 0 heterocycles. The van der Waals surface area contributed by atoms with Gasteiger partial charge in [0.2, 0.25) is 0 Å². The van der Waals surface area contributed by atoms with Crippen LogP contribution in [0.3, 0.4) is 0 Å². The van der Waals surface area contributed by atoms with Crippen LogP contribution in [-0.4, -0.2) is 34.5 Å². The largest absolute Gasteiger partial charge is 0.464 e. The molecule has 0 aromatic heterocycles.